The van der Waals surface area contributed by atoms with Crippen LogP contribution in [0.4, 0.5) is 4.39 Å². The Hall–Kier alpha value is -1.75. The van der Waals surface area contributed by atoms with Gasteiger partial charge in [-0.2, -0.15) is 0 Å². The molecule has 0 aliphatic carbocycles. The average Bonchev–Trinajstić information content (AvgIpc) is 2.84. The minimum absolute atomic E-state index is 0.127. The van der Waals surface area contributed by atoms with E-state index in [1.807, 2.05) is 19.9 Å². The topological polar surface area (TPSA) is 56.7 Å². The van der Waals surface area contributed by atoms with Gasteiger partial charge in [0.25, 0.3) is 0 Å². The molecule has 19 heavy (non-hydrogen) atoms. The molecule has 1 unspecified atom stereocenters. The summed E-state index contributed by atoms with van der Waals surface area (Å²) in [5.41, 5.74) is 9.08. The van der Waals surface area contributed by atoms with E-state index >= 15 is 0 Å². The van der Waals surface area contributed by atoms with E-state index in [4.69, 9.17) is 5.73 Å². The van der Waals surface area contributed by atoms with Gasteiger partial charge in [0, 0.05) is 5.56 Å². The van der Waals surface area contributed by atoms with Crippen molar-refractivity contribution >= 4 is 0 Å². The molecule has 1 heterocycles. The first-order chi connectivity index (χ1) is 9.10. The van der Waals surface area contributed by atoms with E-state index in [-0.39, 0.29) is 11.9 Å². The summed E-state index contributed by atoms with van der Waals surface area (Å²) in [4.78, 5) is 0. The monoisotopic (exact) mass is 262 g/mol. The number of aromatic nitrogens is 3. The minimum Gasteiger partial charge on any atom is -0.323 e. The molecule has 102 valence electrons. The maximum absolute atomic E-state index is 13.6. The van der Waals surface area contributed by atoms with E-state index in [1.165, 1.54) is 6.07 Å². The molecule has 2 rings (SSSR count). The molecule has 1 aromatic carbocycles. The summed E-state index contributed by atoms with van der Waals surface area (Å²) in [7, 11) is 0. The zero-order valence-corrected chi connectivity index (χ0v) is 11.5. The number of hydrogen-bond donors (Lipinski definition) is 1. The normalized spacial score (nSPS) is 12.7. The molecule has 2 N–H and O–H groups in total. The van der Waals surface area contributed by atoms with Crippen molar-refractivity contribution in [2.45, 2.75) is 39.7 Å². The summed E-state index contributed by atoms with van der Waals surface area (Å²) in [5.74, 6) is -0.239. The van der Waals surface area contributed by atoms with Gasteiger partial charge in [0.05, 0.1) is 17.4 Å². The molecular formula is C14H19FN4. The zero-order valence-electron chi connectivity index (χ0n) is 11.5. The van der Waals surface area contributed by atoms with E-state index in [2.05, 4.69) is 10.3 Å². The van der Waals surface area contributed by atoms with Crippen LogP contribution in [0.3, 0.4) is 0 Å². The number of nitrogens with zero attached hydrogens (tertiary/aromatic N) is 3. The van der Waals surface area contributed by atoms with Gasteiger partial charge >= 0.3 is 0 Å². The van der Waals surface area contributed by atoms with Gasteiger partial charge in [-0.05, 0) is 31.9 Å². The van der Waals surface area contributed by atoms with Crippen LogP contribution in [-0.2, 0) is 6.42 Å². The van der Waals surface area contributed by atoms with Crippen LogP contribution in [0.25, 0.3) is 5.69 Å². The quantitative estimate of drug-likeness (QED) is 0.921. The highest BCUT2D eigenvalue weighted by molar-refractivity contribution is 5.42. The molecule has 5 heteroatoms. The fourth-order valence-electron chi connectivity index (χ4n) is 2.14. The van der Waals surface area contributed by atoms with Gasteiger partial charge in [0.1, 0.15) is 11.5 Å². The molecule has 1 aromatic heterocycles. The predicted molar refractivity (Wildman–Crippen MR) is 72.7 cm³/mol. The van der Waals surface area contributed by atoms with E-state index in [0.717, 1.165) is 29.9 Å². The second kappa shape index (κ2) is 5.48. The molecule has 0 saturated heterocycles. The summed E-state index contributed by atoms with van der Waals surface area (Å²) in [6, 6.07) is 4.84. The highest BCUT2D eigenvalue weighted by atomic mass is 19.1. The summed E-state index contributed by atoms with van der Waals surface area (Å²) < 4.78 is 15.3. The lowest BCUT2D eigenvalue weighted by atomic mass is 10.1. The van der Waals surface area contributed by atoms with Crippen LogP contribution in [0.15, 0.2) is 18.2 Å². The summed E-state index contributed by atoms with van der Waals surface area (Å²) in [6.45, 7) is 5.78. The van der Waals surface area contributed by atoms with Crippen molar-refractivity contribution in [2.75, 3.05) is 0 Å². The number of hydrogen-bond acceptors (Lipinski definition) is 3. The van der Waals surface area contributed by atoms with Crippen LogP contribution in [0.2, 0.25) is 0 Å². The molecule has 4 nitrogen and oxygen atoms in total. The van der Waals surface area contributed by atoms with E-state index < -0.39 is 0 Å². The largest absolute Gasteiger partial charge is 0.323 e. The number of benzene rings is 1. The summed E-state index contributed by atoms with van der Waals surface area (Å²) >= 11 is 0. The molecule has 0 aliphatic rings. The van der Waals surface area contributed by atoms with Gasteiger partial charge in [-0.15, -0.1) is 5.10 Å². The van der Waals surface area contributed by atoms with Gasteiger partial charge in [0.15, 0.2) is 0 Å². The average molecular weight is 262 g/mol. The molecule has 0 saturated carbocycles. The van der Waals surface area contributed by atoms with Crippen LogP contribution >= 0.6 is 0 Å². The second-order valence-electron chi connectivity index (χ2n) is 4.59. The van der Waals surface area contributed by atoms with Gasteiger partial charge in [-0.25, -0.2) is 9.07 Å². The molecule has 0 amide bonds. The molecule has 0 spiro atoms. The lowest BCUT2D eigenvalue weighted by Crippen LogP contribution is -2.13. The third-order valence-corrected chi connectivity index (χ3v) is 3.39. The van der Waals surface area contributed by atoms with E-state index in [0.29, 0.717) is 5.56 Å². The van der Waals surface area contributed by atoms with Crippen LogP contribution < -0.4 is 5.73 Å². The molecule has 0 radical (unpaired) electrons. The van der Waals surface area contributed by atoms with Gasteiger partial charge in [0.2, 0.25) is 0 Å². The lowest BCUT2D eigenvalue weighted by Gasteiger charge is -2.11. The summed E-state index contributed by atoms with van der Waals surface area (Å²) in [6.07, 6.45) is 1.56. The maximum Gasteiger partial charge on any atom is 0.128 e. The Morgan fingerprint density at radius 1 is 1.37 bits per heavy atom. The van der Waals surface area contributed by atoms with Crippen LogP contribution in [0.5, 0.6) is 0 Å². The first-order valence-corrected chi connectivity index (χ1v) is 6.55. The van der Waals surface area contributed by atoms with E-state index in [1.54, 1.807) is 17.7 Å². The van der Waals surface area contributed by atoms with Gasteiger partial charge < -0.3 is 5.73 Å². The van der Waals surface area contributed by atoms with Crippen molar-refractivity contribution in [3.8, 4) is 5.69 Å². The maximum atomic E-state index is 13.6. The standard InChI is InChI=1S/C14H19FN4/c1-4-11(16)14-12(5-2)19(18-17-14)13-8-6-7-10(15)9(13)3/h6-8,11H,4-5,16H2,1-3H3. The molecule has 1 atom stereocenters. The fourth-order valence-corrected chi connectivity index (χ4v) is 2.14. The minimum atomic E-state index is -0.239. The van der Waals surface area contributed by atoms with Crippen molar-refractivity contribution in [3.63, 3.8) is 0 Å². The van der Waals surface area contributed by atoms with Crippen molar-refractivity contribution in [3.05, 3.63) is 41.0 Å². The highest BCUT2D eigenvalue weighted by Crippen LogP contribution is 2.22. The van der Waals surface area contributed by atoms with Crippen molar-refractivity contribution in [1.82, 2.24) is 15.0 Å². The van der Waals surface area contributed by atoms with Crippen molar-refractivity contribution in [1.29, 1.82) is 0 Å². The van der Waals surface area contributed by atoms with Gasteiger partial charge in [-0.1, -0.05) is 25.1 Å². The Balaban J connectivity index is 2.57. The third kappa shape index (κ3) is 2.38. The molecule has 2 aromatic rings. The van der Waals surface area contributed by atoms with Crippen LogP contribution in [0, 0.1) is 12.7 Å². The Morgan fingerprint density at radius 2 is 2.11 bits per heavy atom. The number of halogens is 1. The third-order valence-electron chi connectivity index (χ3n) is 3.39. The Kier molecular flexibility index (Phi) is 3.95. The molecule has 0 aliphatic heterocycles. The van der Waals surface area contributed by atoms with Crippen molar-refractivity contribution in [2.24, 2.45) is 5.73 Å². The summed E-state index contributed by atoms with van der Waals surface area (Å²) in [5, 5.41) is 8.32. The Morgan fingerprint density at radius 3 is 2.74 bits per heavy atom. The molecule has 0 bridgehead atoms. The van der Waals surface area contributed by atoms with E-state index in [9.17, 15) is 4.39 Å². The predicted octanol–water partition coefficient (Wildman–Crippen LogP) is 2.69. The number of rotatable bonds is 4. The molecule has 0 fully saturated rings. The fraction of sp³-hybridized carbons (Fsp3) is 0.429. The van der Waals surface area contributed by atoms with Crippen LogP contribution in [0.1, 0.15) is 43.3 Å². The zero-order chi connectivity index (χ0) is 14.0. The molecular weight excluding hydrogens is 243 g/mol. The lowest BCUT2D eigenvalue weighted by molar-refractivity contribution is 0.613. The van der Waals surface area contributed by atoms with Crippen molar-refractivity contribution < 1.29 is 4.39 Å². The number of nitrogens with two attached hydrogens (primary N) is 1. The first-order valence-electron chi connectivity index (χ1n) is 6.55. The Bertz CT molecular complexity index is 577. The van der Waals surface area contributed by atoms with Gasteiger partial charge in [-0.3, -0.25) is 0 Å². The second-order valence-corrected chi connectivity index (χ2v) is 4.59. The van der Waals surface area contributed by atoms with Crippen LogP contribution in [-0.4, -0.2) is 15.0 Å². The highest BCUT2D eigenvalue weighted by Gasteiger charge is 2.18. The first kappa shape index (κ1) is 13.7. The smallest absolute Gasteiger partial charge is 0.128 e. The Labute approximate surface area is 112 Å². The SMILES string of the molecule is CCc1c(C(N)CC)nnn1-c1cccc(F)c1C.